The van der Waals surface area contributed by atoms with Crippen molar-refractivity contribution in [1.82, 2.24) is 9.55 Å². The molecule has 68 valence electrons. The monoisotopic (exact) mass is 287 g/mol. The van der Waals surface area contributed by atoms with Crippen LogP contribution in [0.2, 0.25) is 0 Å². The van der Waals surface area contributed by atoms with E-state index >= 15 is 0 Å². The fourth-order valence-corrected chi connectivity index (χ4v) is 1.22. The van der Waals surface area contributed by atoms with Gasteiger partial charge in [-0.05, 0) is 24.3 Å². The fourth-order valence-electron chi connectivity index (χ4n) is 1.22. The SMILES string of the molecule is Cn1c(=N)ccc2ncccc21.I. The zero-order chi connectivity index (χ0) is 8.55. The maximum absolute atomic E-state index is 7.54. The summed E-state index contributed by atoms with van der Waals surface area (Å²) in [6.45, 7) is 0. The topological polar surface area (TPSA) is 41.7 Å². The molecule has 0 aliphatic rings. The summed E-state index contributed by atoms with van der Waals surface area (Å²) in [6.07, 6.45) is 1.76. The Bertz CT molecular complexity index is 475. The van der Waals surface area contributed by atoms with Gasteiger partial charge in [-0.2, -0.15) is 0 Å². The molecule has 2 heterocycles. The van der Waals surface area contributed by atoms with Gasteiger partial charge in [0.1, 0.15) is 5.49 Å². The molecule has 0 saturated carbocycles. The number of halogens is 1. The lowest BCUT2D eigenvalue weighted by Gasteiger charge is -2.02. The highest BCUT2D eigenvalue weighted by Gasteiger charge is 1.94. The van der Waals surface area contributed by atoms with Crippen molar-refractivity contribution in [3.63, 3.8) is 0 Å². The van der Waals surface area contributed by atoms with E-state index < -0.39 is 0 Å². The fraction of sp³-hybridized carbons (Fsp3) is 0.111. The molecule has 0 amide bonds. The summed E-state index contributed by atoms with van der Waals surface area (Å²) in [4.78, 5) is 4.18. The molecule has 0 radical (unpaired) electrons. The second kappa shape index (κ2) is 3.87. The summed E-state index contributed by atoms with van der Waals surface area (Å²) in [5.74, 6) is 0. The second-order valence-corrected chi connectivity index (χ2v) is 2.69. The van der Waals surface area contributed by atoms with Crippen molar-refractivity contribution >= 4 is 35.0 Å². The maximum atomic E-state index is 7.54. The van der Waals surface area contributed by atoms with Gasteiger partial charge in [0, 0.05) is 13.2 Å². The molecule has 3 nitrogen and oxygen atoms in total. The van der Waals surface area contributed by atoms with Crippen molar-refractivity contribution in [2.75, 3.05) is 0 Å². The summed E-state index contributed by atoms with van der Waals surface area (Å²) in [5.41, 5.74) is 2.41. The quantitative estimate of drug-likeness (QED) is 0.736. The minimum absolute atomic E-state index is 0. The molecule has 0 saturated heterocycles. The third-order valence-corrected chi connectivity index (χ3v) is 1.94. The van der Waals surface area contributed by atoms with E-state index in [1.807, 2.05) is 29.8 Å². The first-order valence-electron chi connectivity index (χ1n) is 3.74. The Balaban J connectivity index is 0.000000845. The summed E-state index contributed by atoms with van der Waals surface area (Å²) in [6, 6.07) is 7.44. The predicted octanol–water partition coefficient (Wildman–Crippen LogP) is 1.67. The van der Waals surface area contributed by atoms with Gasteiger partial charge in [-0.3, -0.25) is 10.4 Å². The zero-order valence-electron chi connectivity index (χ0n) is 7.19. The van der Waals surface area contributed by atoms with Gasteiger partial charge in [-0.15, -0.1) is 24.0 Å². The third-order valence-electron chi connectivity index (χ3n) is 1.94. The Morgan fingerprint density at radius 3 is 2.85 bits per heavy atom. The van der Waals surface area contributed by atoms with Crippen LogP contribution in [-0.2, 0) is 7.05 Å². The molecule has 0 aromatic carbocycles. The van der Waals surface area contributed by atoms with Gasteiger partial charge in [0.25, 0.3) is 0 Å². The molecule has 2 aromatic heterocycles. The van der Waals surface area contributed by atoms with Crippen molar-refractivity contribution in [3.8, 4) is 0 Å². The molecule has 0 aliphatic heterocycles. The molecule has 0 bridgehead atoms. The van der Waals surface area contributed by atoms with Gasteiger partial charge in [-0.25, -0.2) is 0 Å². The number of fused-ring (bicyclic) bond motifs is 1. The number of hydrogen-bond donors (Lipinski definition) is 1. The number of pyridine rings is 2. The maximum Gasteiger partial charge on any atom is 0.124 e. The Hall–Kier alpha value is -0.910. The largest absolute Gasteiger partial charge is 0.328 e. The first kappa shape index (κ1) is 10.2. The van der Waals surface area contributed by atoms with Crippen LogP contribution in [0.5, 0.6) is 0 Å². The lowest BCUT2D eigenvalue weighted by Crippen LogP contribution is -2.15. The third kappa shape index (κ3) is 1.72. The van der Waals surface area contributed by atoms with Gasteiger partial charge >= 0.3 is 0 Å². The highest BCUT2D eigenvalue weighted by Crippen LogP contribution is 2.05. The zero-order valence-corrected chi connectivity index (χ0v) is 9.52. The Kier molecular flexibility index (Phi) is 3.02. The first-order chi connectivity index (χ1) is 5.79. The van der Waals surface area contributed by atoms with E-state index in [1.54, 1.807) is 12.3 Å². The van der Waals surface area contributed by atoms with Crippen molar-refractivity contribution in [2.24, 2.45) is 7.05 Å². The molecule has 1 N–H and O–H groups in total. The van der Waals surface area contributed by atoms with Crippen LogP contribution in [0.15, 0.2) is 30.5 Å². The molecule has 0 fully saturated rings. The van der Waals surface area contributed by atoms with Gasteiger partial charge in [0.2, 0.25) is 0 Å². The number of nitrogens with one attached hydrogen (secondary N) is 1. The summed E-state index contributed by atoms with van der Waals surface area (Å²) < 4.78 is 1.81. The standard InChI is InChI=1S/C9H9N3.HI/c1-12-8-3-2-6-11-7(8)4-5-9(12)10;/h2-6,10H,1H3;1H. The summed E-state index contributed by atoms with van der Waals surface area (Å²) in [7, 11) is 1.87. The van der Waals surface area contributed by atoms with Crippen LogP contribution in [-0.4, -0.2) is 9.55 Å². The molecule has 0 atom stereocenters. The molecule has 0 spiro atoms. The molecular weight excluding hydrogens is 277 g/mol. The van der Waals surface area contributed by atoms with Crippen LogP contribution in [0.25, 0.3) is 11.0 Å². The van der Waals surface area contributed by atoms with Crippen molar-refractivity contribution in [2.45, 2.75) is 0 Å². The van der Waals surface area contributed by atoms with Crippen LogP contribution in [0, 0.1) is 5.41 Å². The molecule has 13 heavy (non-hydrogen) atoms. The minimum Gasteiger partial charge on any atom is -0.328 e. The number of nitrogens with zero attached hydrogens (tertiary/aromatic N) is 2. The molecule has 2 rings (SSSR count). The smallest absolute Gasteiger partial charge is 0.124 e. The van der Waals surface area contributed by atoms with E-state index in [2.05, 4.69) is 4.98 Å². The molecule has 0 aliphatic carbocycles. The Labute approximate surface area is 93.0 Å². The lowest BCUT2D eigenvalue weighted by molar-refractivity contribution is 0.854. The average molecular weight is 287 g/mol. The van der Waals surface area contributed by atoms with Crippen LogP contribution < -0.4 is 5.49 Å². The molecule has 4 heteroatoms. The normalized spacial score (nSPS) is 9.62. The number of aromatic nitrogens is 2. The number of aryl methyl sites for hydroxylation is 1. The Morgan fingerprint density at radius 2 is 2.08 bits per heavy atom. The van der Waals surface area contributed by atoms with Crippen LogP contribution in [0.1, 0.15) is 0 Å². The van der Waals surface area contributed by atoms with Crippen LogP contribution in [0.3, 0.4) is 0 Å². The highest BCUT2D eigenvalue weighted by atomic mass is 127. The van der Waals surface area contributed by atoms with E-state index in [-0.39, 0.29) is 24.0 Å². The Morgan fingerprint density at radius 1 is 1.31 bits per heavy atom. The van der Waals surface area contributed by atoms with E-state index in [1.165, 1.54) is 0 Å². The second-order valence-electron chi connectivity index (χ2n) is 2.69. The van der Waals surface area contributed by atoms with Crippen LogP contribution >= 0.6 is 24.0 Å². The van der Waals surface area contributed by atoms with E-state index in [0.29, 0.717) is 5.49 Å². The van der Waals surface area contributed by atoms with Crippen molar-refractivity contribution in [3.05, 3.63) is 36.0 Å². The van der Waals surface area contributed by atoms with E-state index in [0.717, 1.165) is 11.0 Å². The van der Waals surface area contributed by atoms with Crippen LogP contribution in [0.4, 0.5) is 0 Å². The van der Waals surface area contributed by atoms with Gasteiger partial charge < -0.3 is 4.57 Å². The van der Waals surface area contributed by atoms with Gasteiger partial charge in [-0.1, -0.05) is 0 Å². The van der Waals surface area contributed by atoms with E-state index in [9.17, 15) is 0 Å². The van der Waals surface area contributed by atoms with E-state index in [4.69, 9.17) is 5.41 Å². The summed E-state index contributed by atoms with van der Waals surface area (Å²) in [5, 5.41) is 7.54. The summed E-state index contributed by atoms with van der Waals surface area (Å²) >= 11 is 0. The molecule has 0 unspecified atom stereocenters. The van der Waals surface area contributed by atoms with Gasteiger partial charge in [0.15, 0.2) is 0 Å². The minimum atomic E-state index is 0. The molecular formula is C9H10IN3. The van der Waals surface area contributed by atoms with Crippen molar-refractivity contribution in [1.29, 1.82) is 5.41 Å². The molecule has 2 aromatic rings. The first-order valence-corrected chi connectivity index (χ1v) is 3.74. The lowest BCUT2D eigenvalue weighted by atomic mass is 10.3. The highest BCUT2D eigenvalue weighted by molar-refractivity contribution is 14.0. The number of rotatable bonds is 0. The van der Waals surface area contributed by atoms with Gasteiger partial charge in [0.05, 0.1) is 11.0 Å². The predicted molar refractivity (Wildman–Crippen MR) is 62.0 cm³/mol. The number of hydrogen-bond acceptors (Lipinski definition) is 2. The average Bonchev–Trinajstić information content (AvgIpc) is 2.12. The van der Waals surface area contributed by atoms with Crippen molar-refractivity contribution < 1.29 is 0 Å².